The predicted octanol–water partition coefficient (Wildman–Crippen LogP) is 19.8. The Bertz CT molecular complexity index is 1510. The zero-order valence-electron chi connectivity index (χ0n) is 53.9. The SMILES string of the molecule is CC/C=C\C/C=C\C/C=C\C/C=C\C/C=C\CCCCCCCCCCCCCCCCCC(=O)OC(COC(=O)CCCCCCCCCCCCCCCCCCCCCCCCCCC)COC(OCC[N+](C)(C)C)C(=O)[O-]. The molecule has 0 amide bonds. The van der Waals surface area contributed by atoms with Crippen LogP contribution in [0, 0.1) is 0 Å². The summed E-state index contributed by atoms with van der Waals surface area (Å²) in [5.41, 5.74) is 0. The largest absolute Gasteiger partial charge is 0.545 e. The minimum Gasteiger partial charge on any atom is -0.545 e. The van der Waals surface area contributed by atoms with Crippen molar-refractivity contribution in [2.75, 3.05) is 47.5 Å². The van der Waals surface area contributed by atoms with E-state index in [4.69, 9.17) is 18.9 Å². The highest BCUT2D eigenvalue weighted by Crippen LogP contribution is 2.18. The molecule has 0 radical (unpaired) electrons. The van der Waals surface area contributed by atoms with Crippen LogP contribution in [0.4, 0.5) is 0 Å². The number of allylic oxidation sites excluding steroid dienone is 10. The number of carbonyl (C=O) groups is 3. The van der Waals surface area contributed by atoms with Gasteiger partial charge in [0.25, 0.3) is 0 Å². The molecule has 0 rings (SSSR count). The number of likely N-dealkylation sites (N-methyl/N-ethyl adjacent to an activating group) is 1. The Morgan fingerprint density at radius 1 is 0.383 bits per heavy atom. The summed E-state index contributed by atoms with van der Waals surface area (Å²) in [5, 5.41) is 11.8. The maximum atomic E-state index is 12.9. The maximum Gasteiger partial charge on any atom is 0.306 e. The number of unbranched alkanes of at least 4 members (excludes halogenated alkanes) is 39. The van der Waals surface area contributed by atoms with E-state index in [0.29, 0.717) is 23.9 Å². The molecule has 472 valence electrons. The molecule has 2 atom stereocenters. The molecule has 0 aliphatic rings. The van der Waals surface area contributed by atoms with Crippen molar-refractivity contribution in [2.24, 2.45) is 0 Å². The van der Waals surface area contributed by atoms with Gasteiger partial charge in [0.2, 0.25) is 0 Å². The number of hydrogen-bond donors (Lipinski definition) is 0. The molecule has 0 spiro atoms. The molecule has 0 bridgehead atoms. The molecule has 9 nitrogen and oxygen atoms in total. The molecular formula is C72H131NO8. The van der Waals surface area contributed by atoms with Crippen molar-refractivity contribution >= 4 is 17.9 Å². The fourth-order valence-electron chi connectivity index (χ4n) is 10.0. The Hall–Kier alpha value is -3.01. The Morgan fingerprint density at radius 2 is 0.704 bits per heavy atom. The molecule has 0 aliphatic heterocycles. The number of quaternary nitrogens is 1. The molecule has 0 saturated heterocycles. The van der Waals surface area contributed by atoms with E-state index >= 15 is 0 Å². The standard InChI is InChI=1S/C72H131NO8/c1-6-8-10-12-14-16-18-20-22-24-26-28-30-32-33-34-35-36-37-39-41-43-45-47-49-51-53-55-57-59-61-63-70(75)81-68(67-80-72(71(76)77)78-65-64-73(3,4)5)66-79-69(74)62-60-58-56-54-52-50-48-46-44-42-40-38-31-29-27-25-23-21-19-17-15-13-11-9-7-2/h8,10,14,16,20,22,26,28,32-33,68,72H,6-7,9,11-13,15,17-19,21,23-25,27,29-31,34-67H2,1-5H3/b10-8-,16-14-,22-20-,28-26-,33-32-. The minimum absolute atomic E-state index is 0.149. The van der Waals surface area contributed by atoms with Crippen LogP contribution in [-0.2, 0) is 33.3 Å². The van der Waals surface area contributed by atoms with Crippen molar-refractivity contribution in [3.8, 4) is 0 Å². The number of carbonyl (C=O) groups excluding carboxylic acids is 3. The van der Waals surface area contributed by atoms with E-state index in [0.717, 1.165) is 64.2 Å². The summed E-state index contributed by atoms with van der Waals surface area (Å²) < 4.78 is 22.8. The van der Waals surface area contributed by atoms with Crippen molar-refractivity contribution in [3.63, 3.8) is 0 Å². The first-order valence-electron chi connectivity index (χ1n) is 34.4. The number of ether oxygens (including phenoxy) is 4. The molecule has 0 aromatic carbocycles. The molecule has 0 fully saturated rings. The third-order valence-electron chi connectivity index (χ3n) is 15.3. The number of aliphatic carboxylic acids is 1. The molecule has 9 heteroatoms. The lowest BCUT2D eigenvalue weighted by Gasteiger charge is -2.26. The van der Waals surface area contributed by atoms with Crippen molar-refractivity contribution in [1.82, 2.24) is 0 Å². The highest BCUT2D eigenvalue weighted by Gasteiger charge is 2.22. The van der Waals surface area contributed by atoms with Gasteiger partial charge in [-0.25, -0.2) is 0 Å². The summed E-state index contributed by atoms with van der Waals surface area (Å²) in [6.45, 7) is 4.69. The van der Waals surface area contributed by atoms with Gasteiger partial charge >= 0.3 is 11.9 Å². The molecule has 0 aromatic rings. The summed E-state index contributed by atoms with van der Waals surface area (Å²) in [6.07, 6.45) is 78.7. The van der Waals surface area contributed by atoms with E-state index in [9.17, 15) is 19.5 Å². The Morgan fingerprint density at radius 3 is 1.05 bits per heavy atom. The summed E-state index contributed by atoms with van der Waals surface area (Å²) in [7, 11) is 5.94. The second-order valence-corrected chi connectivity index (χ2v) is 24.4. The van der Waals surface area contributed by atoms with Crippen molar-refractivity contribution in [3.05, 3.63) is 60.8 Å². The number of rotatable bonds is 64. The van der Waals surface area contributed by atoms with Gasteiger partial charge in [0.05, 0.1) is 40.3 Å². The number of carboxylic acids is 1. The first kappa shape index (κ1) is 78.0. The minimum atomic E-state index is -1.62. The third kappa shape index (κ3) is 64.4. The van der Waals surface area contributed by atoms with Crippen LogP contribution in [0.3, 0.4) is 0 Å². The van der Waals surface area contributed by atoms with Gasteiger partial charge in [0, 0.05) is 12.8 Å². The van der Waals surface area contributed by atoms with Crippen molar-refractivity contribution in [1.29, 1.82) is 0 Å². The van der Waals surface area contributed by atoms with Gasteiger partial charge in [-0.3, -0.25) is 9.59 Å². The zero-order chi connectivity index (χ0) is 59.1. The Balaban J connectivity index is 4.10. The fraction of sp³-hybridized carbons (Fsp3) is 0.819. The van der Waals surface area contributed by atoms with Crippen LogP contribution in [0.2, 0.25) is 0 Å². The van der Waals surface area contributed by atoms with Gasteiger partial charge in [-0.05, 0) is 57.8 Å². The maximum absolute atomic E-state index is 12.9. The normalized spacial score (nSPS) is 13.0. The summed E-state index contributed by atoms with van der Waals surface area (Å²) in [6, 6.07) is 0. The van der Waals surface area contributed by atoms with Crippen LogP contribution in [0.5, 0.6) is 0 Å². The average Bonchev–Trinajstić information content (AvgIpc) is 3.44. The lowest BCUT2D eigenvalue weighted by Crippen LogP contribution is -2.44. The molecule has 0 N–H and O–H groups in total. The van der Waals surface area contributed by atoms with Crippen LogP contribution in [0.15, 0.2) is 60.8 Å². The average molecular weight is 1140 g/mol. The van der Waals surface area contributed by atoms with E-state index in [1.54, 1.807) is 0 Å². The molecule has 0 heterocycles. The summed E-state index contributed by atoms with van der Waals surface area (Å²) >= 11 is 0. The van der Waals surface area contributed by atoms with Gasteiger partial charge in [-0.15, -0.1) is 0 Å². The molecule has 2 unspecified atom stereocenters. The number of carboxylic acid groups (broad SMARTS) is 1. The predicted molar refractivity (Wildman–Crippen MR) is 343 cm³/mol. The molecular weight excluding hydrogens is 1010 g/mol. The van der Waals surface area contributed by atoms with E-state index < -0.39 is 24.3 Å². The van der Waals surface area contributed by atoms with Crippen molar-refractivity contribution in [2.45, 2.75) is 334 Å². The Labute approximate surface area is 501 Å². The zero-order valence-corrected chi connectivity index (χ0v) is 53.9. The van der Waals surface area contributed by atoms with Crippen LogP contribution >= 0.6 is 0 Å². The van der Waals surface area contributed by atoms with Crippen molar-refractivity contribution < 1.29 is 42.9 Å². The smallest absolute Gasteiger partial charge is 0.306 e. The Kier molecular flexibility index (Phi) is 60.7. The van der Waals surface area contributed by atoms with E-state index in [1.807, 2.05) is 21.1 Å². The van der Waals surface area contributed by atoms with Gasteiger partial charge in [-0.2, -0.15) is 0 Å². The number of esters is 2. The molecule has 0 aromatic heterocycles. The van der Waals surface area contributed by atoms with Crippen LogP contribution < -0.4 is 5.11 Å². The lowest BCUT2D eigenvalue weighted by molar-refractivity contribution is -0.870. The molecule has 0 saturated carbocycles. The van der Waals surface area contributed by atoms with E-state index in [2.05, 4.69) is 74.6 Å². The second kappa shape index (κ2) is 63.0. The molecule has 81 heavy (non-hydrogen) atoms. The summed E-state index contributed by atoms with van der Waals surface area (Å²) in [4.78, 5) is 37.5. The monoisotopic (exact) mass is 1140 g/mol. The van der Waals surface area contributed by atoms with Crippen LogP contribution in [-0.4, -0.2) is 82.3 Å². The third-order valence-corrected chi connectivity index (χ3v) is 15.3. The second-order valence-electron chi connectivity index (χ2n) is 24.4. The number of hydrogen-bond acceptors (Lipinski definition) is 8. The quantitative estimate of drug-likeness (QED) is 0.0195. The lowest BCUT2D eigenvalue weighted by atomic mass is 10.0. The first-order valence-corrected chi connectivity index (χ1v) is 34.4. The van der Waals surface area contributed by atoms with E-state index in [-0.39, 0.29) is 32.2 Å². The van der Waals surface area contributed by atoms with Crippen LogP contribution in [0.1, 0.15) is 322 Å². The van der Waals surface area contributed by atoms with Gasteiger partial charge < -0.3 is 33.3 Å². The first-order chi connectivity index (χ1) is 39.6. The van der Waals surface area contributed by atoms with Gasteiger partial charge in [0.15, 0.2) is 12.4 Å². The highest BCUT2D eigenvalue weighted by molar-refractivity contribution is 5.70. The van der Waals surface area contributed by atoms with Gasteiger partial charge in [0.1, 0.15) is 13.2 Å². The fourth-order valence-corrected chi connectivity index (χ4v) is 10.0. The van der Waals surface area contributed by atoms with E-state index in [1.165, 1.54) is 225 Å². The highest BCUT2D eigenvalue weighted by atomic mass is 16.7. The molecule has 0 aliphatic carbocycles. The van der Waals surface area contributed by atoms with Crippen LogP contribution in [0.25, 0.3) is 0 Å². The van der Waals surface area contributed by atoms with Gasteiger partial charge in [-0.1, -0.05) is 312 Å². The topological polar surface area (TPSA) is 111 Å². The summed E-state index contributed by atoms with van der Waals surface area (Å²) in [5.74, 6) is -2.26. The number of nitrogens with zero attached hydrogens (tertiary/aromatic N) is 1.